The zero-order valence-electron chi connectivity index (χ0n) is 14.8. The zero-order chi connectivity index (χ0) is 18.1. The van der Waals surface area contributed by atoms with E-state index in [9.17, 15) is 9.59 Å². The molecule has 0 saturated carbocycles. The Bertz CT molecular complexity index is 817. The summed E-state index contributed by atoms with van der Waals surface area (Å²) in [5.74, 6) is 0.153. The van der Waals surface area contributed by atoms with Crippen molar-refractivity contribution in [1.29, 1.82) is 0 Å². The molecule has 2 aromatic rings. The third-order valence-electron chi connectivity index (χ3n) is 5.33. The average molecular weight is 353 g/mol. The molecule has 1 saturated heterocycles. The standard InChI is InChI=1S/C19H23N5O2/c1-12(13-5-3-2-4-6-13)24-11-14(9-17(24)25)19(26)21-18-15-7-8-20-10-16(15)22-23-18/h2-6,12,14,20H,7-11H2,1H3,(H2,21,22,23,26). The third kappa shape index (κ3) is 3.10. The van der Waals surface area contributed by atoms with Crippen LogP contribution in [0.4, 0.5) is 5.82 Å². The van der Waals surface area contributed by atoms with Gasteiger partial charge in [0.25, 0.3) is 0 Å². The van der Waals surface area contributed by atoms with Crippen LogP contribution in [0.5, 0.6) is 0 Å². The highest BCUT2D eigenvalue weighted by Crippen LogP contribution is 2.29. The summed E-state index contributed by atoms with van der Waals surface area (Å²) in [4.78, 5) is 26.9. The summed E-state index contributed by atoms with van der Waals surface area (Å²) in [5.41, 5.74) is 3.17. The molecule has 3 N–H and O–H groups in total. The lowest BCUT2D eigenvalue weighted by Gasteiger charge is -2.25. The number of hydrogen-bond donors (Lipinski definition) is 3. The summed E-state index contributed by atoms with van der Waals surface area (Å²) >= 11 is 0. The smallest absolute Gasteiger partial charge is 0.231 e. The van der Waals surface area contributed by atoms with Gasteiger partial charge in [0.05, 0.1) is 17.7 Å². The molecule has 3 heterocycles. The second kappa shape index (κ2) is 6.92. The predicted molar refractivity (Wildman–Crippen MR) is 97.3 cm³/mol. The largest absolute Gasteiger partial charge is 0.335 e. The van der Waals surface area contributed by atoms with E-state index in [0.717, 1.165) is 36.3 Å². The molecule has 1 aromatic carbocycles. The first kappa shape index (κ1) is 16.8. The molecule has 26 heavy (non-hydrogen) atoms. The number of hydrogen-bond acceptors (Lipinski definition) is 4. The first-order chi connectivity index (χ1) is 12.6. The lowest BCUT2D eigenvalue weighted by Crippen LogP contribution is -2.31. The average Bonchev–Trinajstić information content (AvgIpc) is 3.26. The van der Waals surface area contributed by atoms with Crippen molar-refractivity contribution in [1.82, 2.24) is 20.4 Å². The van der Waals surface area contributed by atoms with Gasteiger partial charge in [-0.2, -0.15) is 5.10 Å². The molecule has 7 heteroatoms. The Morgan fingerprint density at radius 1 is 1.35 bits per heavy atom. The van der Waals surface area contributed by atoms with Gasteiger partial charge in [0.2, 0.25) is 11.8 Å². The van der Waals surface area contributed by atoms with Crippen molar-refractivity contribution in [2.24, 2.45) is 5.92 Å². The van der Waals surface area contributed by atoms with Crippen molar-refractivity contribution in [2.45, 2.75) is 32.4 Å². The molecule has 0 aliphatic carbocycles. The Labute approximate surface area is 152 Å². The van der Waals surface area contributed by atoms with Crippen molar-refractivity contribution in [3.8, 4) is 0 Å². The fraction of sp³-hybridized carbons (Fsp3) is 0.421. The van der Waals surface area contributed by atoms with Crippen LogP contribution in [-0.4, -0.2) is 40.0 Å². The SMILES string of the molecule is CC(c1ccccc1)N1CC(C(=O)Nc2n[nH]c3c2CCNC3)CC1=O. The second-order valence-corrected chi connectivity index (χ2v) is 6.98. The van der Waals surface area contributed by atoms with Gasteiger partial charge < -0.3 is 15.5 Å². The second-order valence-electron chi connectivity index (χ2n) is 6.98. The van der Waals surface area contributed by atoms with Crippen LogP contribution in [0.2, 0.25) is 0 Å². The maximum atomic E-state index is 12.7. The highest BCUT2D eigenvalue weighted by atomic mass is 16.2. The van der Waals surface area contributed by atoms with Crippen LogP contribution in [0.25, 0.3) is 0 Å². The van der Waals surface area contributed by atoms with Crippen molar-refractivity contribution in [2.75, 3.05) is 18.4 Å². The minimum Gasteiger partial charge on any atom is -0.335 e. The normalized spacial score (nSPS) is 20.7. The van der Waals surface area contributed by atoms with Crippen LogP contribution >= 0.6 is 0 Å². The van der Waals surface area contributed by atoms with E-state index in [1.165, 1.54) is 0 Å². The third-order valence-corrected chi connectivity index (χ3v) is 5.33. The Kier molecular flexibility index (Phi) is 4.46. The Hall–Kier alpha value is -2.67. The van der Waals surface area contributed by atoms with Gasteiger partial charge in [0.15, 0.2) is 5.82 Å². The van der Waals surface area contributed by atoms with E-state index in [1.54, 1.807) is 4.90 Å². The number of amides is 2. The number of aromatic amines is 1. The molecule has 2 atom stereocenters. The molecule has 0 bridgehead atoms. The number of benzene rings is 1. The van der Waals surface area contributed by atoms with Crippen LogP contribution in [0.15, 0.2) is 30.3 Å². The van der Waals surface area contributed by atoms with Gasteiger partial charge >= 0.3 is 0 Å². The summed E-state index contributed by atoms with van der Waals surface area (Å²) in [7, 11) is 0. The molecular formula is C19H23N5O2. The Morgan fingerprint density at radius 3 is 2.96 bits per heavy atom. The topological polar surface area (TPSA) is 90.1 Å². The monoisotopic (exact) mass is 353 g/mol. The number of aromatic nitrogens is 2. The molecule has 2 aliphatic heterocycles. The summed E-state index contributed by atoms with van der Waals surface area (Å²) < 4.78 is 0. The molecule has 2 unspecified atom stereocenters. The summed E-state index contributed by atoms with van der Waals surface area (Å²) in [6.45, 7) is 4.06. The number of H-pyrrole nitrogens is 1. The van der Waals surface area contributed by atoms with Gasteiger partial charge in [-0.25, -0.2) is 0 Å². The fourth-order valence-electron chi connectivity index (χ4n) is 3.76. The van der Waals surface area contributed by atoms with Gasteiger partial charge in [-0.15, -0.1) is 0 Å². The number of likely N-dealkylation sites (tertiary alicyclic amines) is 1. The summed E-state index contributed by atoms with van der Waals surface area (Å²) in [6, 6.07) is 9.87. The summed E-state index contributed by atoms with van der Waals surface area (Å²) in [5, 5.41) is 13.4. The number of fused-ring (bicyclic) bond motifs is 1. The van der Waals surface area contributed by atoms with E-state index in [4.69, 9.17) is 0 Å². The van der Waals surface area contributed by atoms with Gasteiger partial charge in [-0.3, -0.25) is 14.7 Å². The summed E-state index contributed by atoms with van der Waals surface area (Å²) in [6.07, 6.45) is 1.08. The van der Waals surface area contributed by atoms with Gasteiger partial charge in [-0.1, -0.05) is 30.3 Å². The van der Waals surface area contributed by atoms with E-state index in [1.807, 2.05) is 37.3 Å². The predicted octanol–water partition coefficient (Wildman–Crippen LogP) is 1.60. The maximum Gasteiger partial charge on any atom is 0.231 e. The molecule has 7 nitrogen and oxygen atoms in total. The highest BCUT2D eigenvalue weighted by molar-refractivity contribution is 5.97. The minimum atomic E-state index is -0.345. The first-order valence-electron chi connectivity index (χ1n) is 9.05. The number of nitrogens with one attached hydrogen (secondary N) is 3. The Morgan fingerprint density at radius 2 is 2.15 bits per heavy atom. The molecular weight excluding hydrogens is 330 g/mol. The molecule has 2 amide bonds. The molecule has 0 radical (unpaired) electrons. The van der Waals surface area contributed by atoms with Crippen molar-refractivity contribution < 1.29 is 9.59 Å². The molecule has 136 valence electrons. The maximum absolute atomic E-state index is 12.7. The van der Waals surface area contributed by atoms with Crippen LogP contribution in [0, 0.1) is 5.92 Å². The van der Waals surface area contributed by atoms with E-state index in [2.05, 4.69) is 20.8 Å². The van der Waals surface area contributed by atoms with E-state index in [0.29, 0.717) is 12.4 Å². The van der Waals surface area contributed by atoms with Gasteiger partial charge in [0.1, 0.15) is 0 Å². The van der Waals surface area contributed by atoms with Gasteiger partial charge in [0, 0.05) is 25.1 Å². The lowest BCUT2D eigenvalue weighted by molar-refractivity contribution is -0.129. The fourth-order valence-corrected chi connectivity index (χ4v) is 3.76. The Balaban J connectivity index is 1.43. The van der Waals surface area contributed by atoms with E-state index in [-0.39, 0.29) is 30.2 Å². The minimum absolute atomic E-state index is 0.0229. The van der Waals surface area contributed by atoms with Crippen LogP contribution < -0.4 is 10.6 Å². The van der Waals surface area contributed by atoms with Crippen molar-refractivity contribution in [3.63, 3.8) is 0 Å². The zero-order valence-corrected chi connectivity index (χ0v) is 14.8. The highest BCUT2D eigenvalue weighted by Gasteiger charge is 2.37. The van der Waals surface area contributed by atoms with Crippen molar-refractivity contribution >= 4 is 17.6 Å². The lowest BCUT2D eigenvalue weighted by atomic mass is 10.1. The number of carbonyl (C=O) groups is 2. The number of carbonyl (C=O) groups excluding carboxylic acids is 2. The molecule has 1 aromatic heterocycles. The first-order valence-corrected chi connectivity index (χ1v) is 9.05. The van der Waals surface area contributed by atoms with Crippen molar-refractivity contribution in [3.05, 3.63) is 47.2 Å². The van der Waals surface area contributed by atoms with E-state index >= 15 is 0 Å². The van der Waals surface area contributed by atoms with Gasteiger partial charge in [-0.05, 0) is 25.5 Å². The van der Waals surface area contributed by atoms with E-state index < -0.39 is 0 Å². The number of anilines is 1. The van der Waals surface area contributed by atoms with Crippen LogP contribution in [0.3, 0.4) is 0 Å². The quantitative estimate of drug-likeness (QED) is 0.779. The van der Waals surface area contributed by atoms with Crippen LogP contribution in [-0.2, 0) is 22.6 Å². The molecule has 1 fully saturated rings. The number of rotatable bonds is 4. The molecule has 2 aliphatic rings. The van der Waals surface area contributed by atoms with Crippen LogP contribution in [0.1, 0.15) is 36.2 Å². The number of nitrogens with zero attached hydrogens (tertiary/aromatic N) is 2. The molecule has 0 spiro atoms. The molecule has 4 rings (SSSR count).